The van der Waals surface area contributed by atoms with Crippen LogP contribution in [0, 0.1) is 0 Å². The molecular weight excluding hydrogens is 383 g/mol. The minimum absolute atomic E-state index is 0.104. The van der Waals surface area contributed by atoms with Gasteiger partial charge in [0, 0.05) is 19.8 Å². The number of allylic oxidation sites excluding steroid dienone is 1. The van der Waals surface area contributed by atoms with Gasteiger partial charge in [-0.25, -0.2) is 0 Å². The molecule has 0 bridgehead atoms. The van der Waals surface area contributed by atoms with Gasteiger partial charge in [0.05, 0.1) is 11.4 Å². The Balaban J connectivity index is 1.53. The number of fused-ring (bicyclic) bond motifs is 1. The maximum atomic E-state index is 2.53. The van der Waals surface area contributed by atoms with Crippen molar-refractivity contribution in [1.29, 1.82) is 0 Å². The Morgan fingerprint density at radius 3 is 1.70 bits per heavy atom. The quantitative estimate of drug-likeness (QED) is 0.455. The third-order valence-electron chi connectivity index (χ3n) is 8.46. The van der Waals surface area contributed by atoms with E-state index in [1.807, 2.05) is 5.57 Å². The van der Waals surface area contributed by atoms with Gasteiger partial charge >= 0.3 is 0 Å². The molecule has 164 valence electrons. The van der Waals surface area contributed by atoms with Crippen molar-refractivity contribution < 1.29 is 0 Å². The molecule has 30 heavy (non-hydrogen) atoms. The van der Waals surface area contributed by atoms with Crippen LogP contribution in [0.25, 0.3) is 0 Å². The van der Waals surface area contributed by atoms with E-state index >= 15 is 0 Å². The highest BCUT2D eigenvalue weighted by Crippen LogP contribution is 2.63. The Kier molecular flexibility index (Phi) is 6.42. The molecule has 1 heterocycles. The first-order chi connectivity index (χ1) is 14.8. The molecule has 0 amide bonds. The van der Waals surface area contributed by atoms with Crippen molar-refractivity contribution >= 4 is 19.3 Å². The van der Waals surface area contributed by atoms with Gasteiger partial charge in [-0.3, -0.25) is 0 Å². The molecule has 2 nitrogen and oxygen atoms in total. The van der Waals surface area contributed by atoms with Gasteiger partial charge in [-0.1, -0.05) is 65.0 Å². The first-order valence-corrected chi connectivity index (χ1v) is 14.4. The molecule has 4 aliphatic rings. The minimum atomic E-state index is 0.104. The number of rotatable bonds is 3. The molecule has 0 radical (unpaired) electrons. The third kappa shape index (κ3) is 3.83. The SMILES string of the molecule is CN1C(=C2CCCCC2P(C2CCCCC2)C2CCCCC2)N(C)c2ccccc21. The highest BCUT2D eigenvalue weighted by atomic mass is 31.1. The lowest BCUT2D eigenvalue weighted by Gasteiger charge is -2.46. The van der Waals surface area contributed by atoms with Gasteiger partial charge < -0.3 is 9.80 Å². The minimum Gasteiger partial charge on any atom is -0.329 e. The van der Waals surface area contributed by atoms with Gasteiger partial charge in [0.15, 0.2) is 0 Å². The molecule has 1 aromatic rings. The molecule has 5 rings (SSSR count). The van der Waals surface area contributed by atoms with E-state index in [-0.39, 0.29) is 7.92 Å². The van der Waals surface area contributed by atoms with E-state index < -0.39 is 0 Å². The van der Waals surface area contributed by atoms with E-state index in [0.717, 1.165) is 17.0 Å². The number of hydrogen-bond donors (Lipinski definition) is 0. The Labute approximate surface area is 185 Å². The Bertz CT molecular complexity index is 711. The summed E-state index contributed by atoms with van der Waals surface area (Å²) >= 11 is 0. The average Bonchev–Trinajstić information content (AvgIpc) is 3.06. The van der Waals surface area contributed by atoms with E-state index in [9.17, 15) is 0 Å². The van der Waals surface area contributed by atoms with Crippen molar-refractivity contribution in [3.63, 3.8) is 0 Å². The van der Waals surface area contributed by atoms with Crippen LogP contribution < -0.4 is 9.80 Å². The smallest absolute Gasteiger partial charge is 0.112 e. The maximum Gasteiger partial charge on any atom is 0.112 e. The predicted molar refractivity (Wildman–Crippen MR) is 133 cm³/mol. The second kappa shape index (κ2) is 9.23. The van der Waals surface area contributed by atoms with Crippen LogP contribution in [-0.2, 0) is 0 Å². The highest BCUT2D eigenvalue weighted by molar-refractivity contribution is 7.60. The van der Waals surface area contributed by atoms with Crippen LogP contribution in [0.1, 0.15) is 89.9 Å². The van der Waals surface area contributed by atoms with Gasteiger partial charge in [-0.15, -0.1) is 0 Å². The summed E-state index contributed by atoms with van der Waals surface area (Å²) in [7, 11) is 4.74. The largest absolute Gasteiger partial charge is 0.329 e. The van der Waals surface area contributed by atoms with Crippen molar-refractivity contribution in [2.75, 3.05) is 23.9 Å². The average molecular weight is 425 g/mol. The molecule has 3 heteroatoms. The van der Waals surface area contributed by atoms with E-state index in [1.165, 1.54) is 101 Å². The monoisotopic (exact) mass is 424 g/mol. The Morgan fingerprint density at radius 2 is 1.17 bits per heavy atom. The van der Waals surface area contributed by atoms with Crippen LogP contribution in [0.4, 0.5) is 11.4 Å². The fraction of sp³-hybridized carbons (Fsp3) is 0.704. The molecule has 3 fully saturated rings. The zero-order valence-corrected chi connectivity index (χ0v) is 20.2. The number of nitrogens with zero attached hydrogens (tertiary/aromatic N) is 2. The van der Waals surface area contributed by atoms with Crippen LogP contribution in [0.15, 0.2) is 35.7 Å². The normalized spacial score (nSPS) is 26.6. The second-order valence-electron chi connectivity index (χ2n) is 10.2. The van der Waals surface area contributed by atoms with Gasteiger partial charge in [0.1, 0.15) is 5.82 Å². The lowest BCUT2D eigenvalue weighted by molar-refractivity contribution is 0.476. The molecular formula is C27H41N2P. The summed E-state index contributed by atoms with van der Waals surface area (Å²) in [4.78, 5) is 5.05. The zero-order chi connectivity index (χ0) is 20.5. The third-order valence-corrected chi connectivity index (χ3v) is 12.5. The summed E-state index contributed by atoms with van der Waals surface area (Å²) in [5.74, 6) is 1.54. The predicted octanol–water partition coefficient (Wildman–Crippen LogP) is 7.87. The summed E-state index contributed by atoms with van der Waals surface area (Å²) in [6.45, 7) is 0. The lowest BCUT2D eigenvalue weighted by atomic mass is 9.93. The van der Waals surface area contributed by atoms with Crippen molar-refractivity contribution in [2.24, 2.45) is 0 Å². The fourth-order valence-corrected chi connectivity index (χ4v) is 11.7. The van der Waals surface area contributed by atoms with Crippen molar-refractivity contribution in [3.05, 3.63) is 35.7 Å². The molecule has 1 unspecified atom stereocenters. The second-order valence-corrected chi connectivity index (χ2v) is 13.2. The van der Waals surface area contributed by atoms with E-state index in [2.05, 4.69) is 48.2 Å². The van der Waals surface area contributed by atoms with Gasteiger partial charge in [-0.2, -0.15) is 0 Å². The molecule has 3 saturated carbocycles. The topological polar surface area (TPSA) is 6.48 Å². The van der Waals surface area contributed by atoms with Crippen molar-refractivity contribution in [3.8, 4) is 0 Å². The van der Waals surface area contributed by atoms with Gasteiger partial charge in [0.2, 0.25) is 0 Å². The van der Waals surface area contributed by atoms with E-state index in [1.54, 1.807) is 5.82 Å². The first kappa shape index (κ1) is 20.9. The first-order valence-electron chi connectivity index (χ1n) is 12.8. The fourth-order valence-electron chi connectivity index (χ4n) is 7.06. The zero-order valence-electron chi connectivity index (χ0n) is 19.3. The maximum absolute atomic E-state index is 2.53. The molecule has 1 atom stereocenters. The Morgan fingerprint density at radius 1 is 0.667 bits per heavy atom. The number of hydrogen-bond acceptors (Lipinski definition) is 2. The number of benzene rings is 1. The van der Waals surface area contributed by atoms with Crippen molar-refractivity contribution in [2.45, 2.75) is 107 Å². The summed E-state index contributed by atoms with van der Waals surface area (Å²) in [5.41, 5.74) is 7.61. The van der Waals surface area contributed by atoms with Crippen LogP contribution >= 0.6 is 7.92 Å². The van der Waals surface area contributed by atoms with Crippen LogP contribution in [0.3, 0.4) is 0 Å². The van der Waals surface area contributed by atoms with E-state index in [4.69, 9.17) is 0 Å². The lowest BCUT2D eigenvalue weighted by Crippen LogP contribution is -2.33. The molecule has 0 saturated heterocycles. The number of anilines is 2. The molecule has 0 aromatic heterocycles. The molecule has 1 aromatic carbocycles. The standard InChI is InChI=1S/C27H41N2P/c1-28-24-18-10-11-19-25(24)29(2)27(28)23-17-9-12-20-26(23)30(21-13-5-3-6-14-21)22-15-7-4-8-16-22/h10-11,18-19,21-22,26H,3-9,12-17,20H2,1-2H3. The number of para-hydroxylation sites is 2. The van der Waals surface area contributed by atoms with Crippen molar-refractivity contribution in [1.82, 2.24) is 0 Å². The van der Waals surface area contributed by atoms with E-state index in [0.29, 0.717) is 0 Å². The van der Waals surface area contributed by atoms with Gasteiger partial charge in [0.25, 0.3) is 0 Å². The molecule has 1 aliphatic heterocycles. The molecule has 3 aliphatic carbocycles. The molecule has 0 spiro atoms. The van der Waals surface area contributed by atoms with Crippen LogP contribution in [0.2, 0.25) is 0 Å². The summed E-state index contributed by atoms with van der Waals surface area (Å²) in [5, 5.41) is 0. The summed E-state index contributed by atoms with van der Waals surface area (Å²) < 4.78 is 0. The Hall–Kier alpha value is -1.01. The van der Waals surface area contributed by atoms with Crippen LogP contribution in [-0.4, -0.2) is 31.1 Å². The summed E-state index contributed by atoms with van der Waals surface area (Å²) in [6, 6.07) is 9.02. The van der Waals surface area contributed by atoms with Gasteiger partial charge in [-0.05, 0) is 74.0 Å². The molecule has 0 N–H and O–H groups in total. The van der Waals surface area contributed by atoms with Crippen LogP contribution in [0.5, 0.6) is 0 Å². The highest BCUT2D eigenvalue weighted by Gasteiger charge is 2.41. The summed E-state index contributed by atoms with van der Waals surface area (Å²) in [6.07, 6.45) is 20.8.